The zero-order valence-corrected chi connectivity index (χ0v) is 32.7. The van der Waals surface area contributed by atoms with Crippen LogP contribution in [0.2, 0.25) is 0 Å². The molecule has 0 unspecified atom stereocenters. The highest BCUT2D eigenvalue weighted by molar-refractivity contribution is 7.10. The van der Waals surface area contributed by atoms with Crippen LogP contribution in [-0.2, 0) is 43.2 Å². The van der Waals surface area contributed by atoms with Crippen LogP contribution < -0.4 is 10.7 Å². The molecule has 2 aliphatic heterocycles. The number of methoxy groups -OCH3 is 1. The van der Waals surface area contributed by atoms with E-state index < -0.39 is 23.5 Å². The number of thiazole rings is 1. The second kappa shape index (κ2) is 15.2. The number of pyridine rings is 1. The second-order valence-corrected chi connectivity index (χ2v) is 16.8. The van der Waals surface area contributed by atoms with Crippen molar-refractivity contribution in [3.63, 3.8) is 0 Å². The predicted molar refractivity (Wildman–Crippen MR) is 206 cm³/mol. The summed E-state index contributed by atoms with van der Waals surface area (Å²) in [6.45, 7) is 11.3. The lowest BCUT2D eigenvalue weighted by Gasteiger charge is -2.35. The molecule has 0 radical (unpaired) electrons. The van der Waals surface area contributed by atoms with E-state index in [0.717, 1.165) is 49.7 Å². The molecule has 0 spiro atoms. The van der Waals surface area contributed by atoms with Crippen molar-refractivity contribution in [2.24, 2.45) is 23.2 Å². The van der Waals surface area contributed by atoms with Crippen molar-refractivity contribution in [2.75, 3.05) is 20.3 Å². The highest BCUT2D eigenvalue weighted by Crippen LogP contribution is 2.46. The van der Waals surface area contributed by atoms with Crippen LogP contribution in [0.3, 0.4) is 0 Å². The number of esters is 1. The predicted octanol–water partition coefficient (Wildman–Crippen LogP) is 6.00. The number of hydrogen-bond acceptors (Lipinski definition) is 10. The third-order valence-electron chi connectivity index (χ3n) is 11.4. The van der Waals surface area contributed by atoms with Crippen LogP contribution in [0.4, 0.5) is 0 Å². The van der Waals surface area contributed by atoms with E-state index in [4.69, 9.17) is 19.4 Å². The van der Waals surface area contributed by atoms with Crippen LogP contribution in [0.25, 0.3) is 33.4 Å². The fourth-order valence-corrected chi connectivity index (χ4v) is 8.89. The van der Waals surface area contributed by atoms with Gasteiger partial charge in [0.2, 0.25) is 5.91 Å². The molecule has 1 saturated heterocycles. The molecule has 4 aromatic rings. The van der Waals surface area contributed by atoms with E-state index in [9.17, 15) is 19.6 Å². The van der Waals surface area contributed by atoms with Crippen molar-refractivity contribution in [2.45, 2.75) is 91.5 Å². The zero-order valence-electron chi connectivity index (χ0n) is 31.8. The number of carbonyl (C=O) groups excluding carboxylic acids is 3. The summed E-state index contributed by atoms with van der Waals surface area (Å²) in [5.41, 5.74) is 9.00. The molecule has 6 atom stereocenters. The van der Waals surface area contributed by atoms with Crippen LogP contribution in [0.15, 0.2) is 41.9 Å². The normalized spacial score (nSPS) is 24.7. The highest BCUT2D eigenvalue weighted by Gasteiger charge is 2.49. The number of nitrogens with one attached hydrogen (secondary N) is 2. The van der Waals surface area contributed by atoms with Gasteiger partial charge in [-0.3, -0.25) is 24.4 Å². The Kier molecular flexibility index (Phi) is 10.6. The summed E-state index contributed by atoms with van der Waals surface area (Å²) < 4.78 is 14.0. The first kappa shape index (κ1) is 37.7. The van der Waals surface area contributed by atoms with Crippen molar-refractivity contribution in [1.82, 2.24) is 30.3 Å². The van der Waals surface area contributed by atoms with E-state index in [1.54, 1.807) is 13.3 Å². The number of hydrazine groups is 1. The summed E-state index contributed by atoms with van der Waals surface area (Å²) in [5.74, 6) is -0.473. The van der Waals surface area contributed by atoms with E-state index in [-0.39, 0.29) is 48.7 Å². The lowest BCUT2D eigenvalue weighted by Crippen LogP contribution is -2.60. The van der Waals surface area contributed by atoms with Crippen LogP contribution in [0.1, 0.15) is 76.3 Å². The van der Waals surface area contributed by atoms with Gasteiger partial charge in [-0.15, -0.1) is 11.3 Å². The van der Waals surface area contributed by atoms with E-state index >= 15 is 0 Å². The molecule has 2 fully saturated rings. The molecule has 1 aromatic carbocycles. The lowest BCUT2D eigenvalue weighted by atomic mass is 9.84. The minimum Gasteiger partial charge on any atom is -0.464 e. The molecule has 284 valence electrons. The Morgan fingerprint density at radius 2 is 2.04 bits per heavy atom. The third-order valence-corrected chi connectivity index (χ3v) is 12.3. The Balaban J connectivity index is 1.37. The minimum absolute atomic E-state index is 0.131. The maximum absolute atomic E-state index is 14.1. The van der Waals surface area contributed by atoms with Gasteiger partial charge >= 0.3 is 5.97 Å². The number of cyclic esters (lactones) is 1. The molecule has 13 heteroatoms. The van der Waals surface area contributed by atoms with E-state index in [1.807, 2.05) is 24.4 Å². The van der Waals surface area contributed by atoms with Crippen molar-refractivity contribution in [3.8, 4) is 28.6 Å². The Hall–Kier alpha value is -4.64. The van der Waals surface area contributed by atoms with Gasteiger partial charge in [-0.25, -0.2) is 10.4 Å². The summed E-state index contributed by atoms with van der Waals surface area (Å²) in [4.78, 5) is 50.9. The molecule has 2 amide bonds. The first-order valence-electron chi connectivity index (χ1n) is 18.9. The molecule has 5 heterocycles. The number of nitrogens with zero attached hydrogens (tertiary/aromatic N) is 5. The van der Waals surface area contributed by atoms with Gasteiger partial charge in [0.05, 0.1) is 47.3 Å². The summed E-state index contributed by atoms with van der Waals surface area (Å²) in [6, 6.07) is 11.0. The molecule has 3 aromatic heterocycles. The summed E-state index contributed by atoms with van der Waals surface area (Å²) in [6.07, 6.45) is 3.69. The maximum Gasteiger partial charge on any atom is 0.324 e. The molecule has 6 bridgehead atoms. The zero-order chi connectivity index (χ0) is 38.3. The van der Waals surface area contributed by atoms with Gasteiger partial charge in [-0.1, -0.05) is 33.8 Å². The van der Waals surface area contributed by atoms with Crippen LogP contribution in [-0.4, -0.2) is 69.7 Å². The molecule has 1 saturated carbocycles. The summed E-state index contributed by atoms with van der Waals surface area (Å²) >= 11 is 1.46. The molecule has 3 aliphatic rings. The smallest absolute Gasteiger partial charge is 0.324 e. The lowest BCUT2D eigenvalue weighted by molar-refractivity contribution is -0.155. The van der Waals surface area contributed by atoms with Gasteiger partial charge in [-0.05, 0) is 67.9 Å². The van der Waals surface area contributed by atoms with Gasteiger partial charge < -0.3 is 19.4 Å². The second-order valence-electron chi connectivity index (χ2n) is 15.8. The van der Waals surface area contributed by atoms with Crippen LogP contribution >= 0.6 is 11.3 Å². The molecular weight excluding hydrogens is 703 g/mol. The largest absolute Gasteiger partial charge is 0.464 e. The fourth-order valence-electron chi connectivity index (χ4n) is 8.04. The molecule has 54 heavy (non-hydrogen) atoms. The molecular formula is C41H49N7O5S. The monoisotopic (exact) mass is 751 g/mol. The van der Waals surface area contributed by atoms with Crippen molar-refractivity contribution >= 4 is 40.0 Å². The van der Waals surface area contributed by atoms with E-state index in [2.05, 4.69) is 67.3 Å². The topological polar surface area (TPSA) is 151 Å². The van der Waals surface area contributed by atoms with Gasteiger partial charge in [0.1, 0.15) is 12.1 Å². The number of benzene rings is 1. The number of amides is 2. The van der Waals surface area contributed by atoms with Gasteiger partial charge in [0, 0.05) is 71.6 Å². The molecule has 2 N–H and O–H groups in total. The van der Waals surface area contributed by atoms with Crippen LogP contribution in [0.5, 0.6) is 0 Å². The average molecular weight is 752 g/mol. The SMILES string of the molecule is CO[C@@H](C)c1ncccc1-c1c2c3cc(ccc3n1CCC#N)-c1csc(n1)C[C@H](NC(=O)[C@H]1[C@H](C)[C@@H]1C)C(=O)N1CCC[C@H](N1)C(=O)OCC(C)(C)C2. The van der Waals surface area contributed by atoms with E-state index in [0.29, 0.717) is 38.8 Å². The number of fused-ring (bicyclic) bond motifs is 6. The van der Waals surface area contributed by atoms with Crippen molar-refractivity contribution < 1.29 is 23.9 Å². The highest BCUT2D eigenvalue weighted by atomic mass is 32.1. The number of ether oxygens (including phenoxy) is 2. The maximum atomic E-state index is 14.1. The molecule has 12 nitrogen and oxygen atoms in total. The molecule has 1 aliphatic carbocycles. The van der Waals surface area contributed by atoms with Crippen molar-refractivity contribution in [1.29, 1.82) is 5.26 Å². The quantitative estimate of drug-likeness (QED) is 0.217. The van der Waals surface area contributed by atoms with Gasteiger partial charge in [0.25, 0.3) is 5.91 Å². The Morgan fingerprint density at radius 1 is 1.24 bits per heavy atom. The van der Waals surface area contributed by atoms with Gasteiger partial charge in [0.15, 0.2) is 0 Å². The summed E-state index contributed by atoms with van der Waals surface area (Å²) in [5, 5.41) is 18.0. The third kappa shape index (κ3) is 7.39. The van der Waals surface area contributed by atoms with Gasteiger partial charge in [-0.2, -0.15) is 5.26 Å². The van der Waals surface area contributed by atoms with Crippen molar-refractivity contribution in [3.05, 3.63) is 58.2 Å². The average Bonchev–Trinajstić information content (AvgIpc) is 3.44. The Morgan fingerprint density at radius 3 is 2.78 bits per heavy atom. The fraction of sp³-hybridized carbons (Fsp3) is 0.512. The Bertz CT molecular complexity index is 2110. The number of carbonyl (C=O) groups is 3. The van der Waals surface area contributed by atoms with E-state index in [1.165, 1.54) is 16.3 Å². The molecule has 7 rings (SSSR count). The number of rotatable bonds is 7. The number of aromatic nitrogens is 3. The standard InChI is InChI=1S/C41H49N7O5S/c1-23-24(2)35(23)38(49)45-31-19-34-44-32(21-54-34)26-12-13-33-28(18-26)29(20-41(4,5)22-53-40(51)30-11-8-17-48(46-30)39(31)50)37(47(33)16-9-14-42)27-10-7-15-43-36(27)25(3)52-6/h7,10,12-13,15,18,21,23-25,30-31,35,46H,8-9,11,16-17,19-20,22H2,1-6H3,(H,45,49)/t23-,24+,25-,30-,31-,35+/m0/s1. The first-order chi connectivity index (χ1) is 25.9. The number of aryl methyl sites for hydroxylation is 1. The number of hydrogen-bond donors (Lipinski definition) is 2. The first-order valence-corrected chi connectivity index (χ1v) is 19.8. The van der Waals surface area contributed by atoms with Crippen LogP contribution in [0, 0.1) is 34.5 Å². The number of nitriles is 1. The Labute approximate surface area is 320 Å². The summed E-state index contributed by atoms with van der Waals surface area (Å²) in [7, 11) is 1.67. The minimum atomic E-state index is -0.856.